The number of sulfone groups is 1. The maximum absolute atomic E-state index is 12.5. The van der Waals surface area contributed by atoms with E-state index in [0.717, 1.165) is 30.2 Å². The molecule has 0 aliphatic heterocycles. The van der Waals surface area contributed by atoms with Crippen molar-refractivity contribution in [2.75, 3.05) is 12.9 Å². The molecule has 1 aromatic rings. The van der Waals surface area contributed by atoms with Crippen LogP contribution in [0.5, 0.6) is 5.75 Å². The summed E-state index contributed by atoms with van der Waals surface area (Å²) in [6.45, 7) is 16.1. The first-order valence-electron chi connectivity index (χ1n) is 13.4. The van der Waals surface area contributed by atoms with Crippen molar-refractivity contribution >= 4 is 9.84 Å². The van der Waals surface area contributed by atoms with Crippen LogP contribution in [-0.2, 0) is 15.3 Å². The van der Waals surface area contributed by atoms with Crippen molar-refractivity contribution in [1.82, 2.24) is 0 Å². The molecule has 0 fully saturated rings. The van der Waals surface area contributed by atoms with Gasteiger partial charge in [-0.25, -0.2) is 8.42 Å². The quantitative estimate of drug-likeness (QED) is 0.222. The maximum Gasteiger partial charge on any atom is 0.179 e. The fraction of sp³-hybridized carbons (Fsp3) is 0.793. The summed E-state index contributed by atoms with van der Waals surface area (Å²) in [4.78, 5) is 0.321. The van der Waals surface area contributed by atoms with E-state index < -0.39 is 9.84 Å². The minimum Gasteiger partial charge on any atom is -0.492 e. The van der Waals surface area contributed by atoms with Gasteiger partial charge >= 0.3 is 0 Å². The molecule has 4 heteroatoms. The molecule has 0 heterocycles. The molecule has 0 spiro atoms. The molecule has 192 valence electrons. The second-order valence-corrected chi connectivity index (χ2v) is 13.5. The Bertz CT molecular complexity index is 777. The van der Waals surface area contributed by atoms with Crippen molar-refractivity contribution in [3.05, 3.63) is 23.8 Å². The molecule has 0 aromatic heterocycles. The summed E-state index contributed by atoms with van der Waals surface area (Å²) in [7, 11) is -3.36. The van der Waals surface area contributed by atoms with Crippen molar-refractivity contribution < 1.29 is 13.2 Å². The van der Waals surface area contributed by atoms with Gasteiger partial charge in [0.1, 0.15) is 10.6 Å². The standard InChI is InChI=1S/C29H52O3S/c1-9-13-23(3)15-11-12-16-25(18-17-24(4)14-10-2)22-32-27-20-19-26(29(5,6)7)21-28(27)33(8,30)31/h19-21,23-25H,9-18,22H2,1-8H3. The Labute approximate surface area is 206 Å². The third kappa shape index (κ3) is 11.8. The molecule has 3 atom stereocenters. The van der Waals surface area contributed by atoms with Gasteiger partial charge in [0, 0.05) is 6.26 Å². The molecule has 3 nitrogen and oxygen atoms in total. The van der Waals surface area contributed by atoms with E-state index >= 15 is 0 Å². The van der Waals surface area contributed by atoms with Crippen molar-refractivity contribution in [2.24, 2.45) is 17.8 Å². The maximum atomic E-state index is 12.5. The topological polar surface area (TPSA) is 43.4 Å². The predicted octanol–water partition coefficient (Wildman–Crippen LogP) is 8.60. The second-order valence-electron chi connectivity index (χ2n) is 11.5. The summed E-state index contributed by atoms with van der Waals surface area (Å²) >= 11 is 0. The van der Waals surface area contributed by atoms with Crippen LogP contribution in [0.1, 0.15) is 118 Å². The molecular formula is C29H52O3S. The van der Waals surface area contributed by atoms with Crippen LogP contribution in [0.25, 0.3) is 0 Å². The minimum atomic E-state index is -3.36. The number of benzene rings is 1. The Morgan fingerprint density at radius 3 is 1.97 bits per heavy atom. The lowest BCUT2D eigenvalue weighted by Gasteiger charge is -2.23. The highest BCUT2D eigenvalue weighted by atomic mass is 32.2. The summed E-state index contributed by atoms with van der Waals surface area (Å²) in [6.07, 6.45) is 13.7. The Balaban J connectivity index is 2.87. The highest BCUT2D eigenvalue weighted by Crippen LogP contribution is 2.32. The zero-order valence-corrected chi connectivity index (χ0v) is 23.7. The van der Waals surface area contributed by atoms with Gasteiger partial charge in [-0.3, -0.25) is 0 Å². The first kappa shape index (κ1) is 30.0. The fourth-order valence-electron chi connectivity index (χ4n) is 4.62. The van der Waals surface area contributed by atoms with Gasteiger partial charge in [0.2, 0.25) is 0 Å². The van der Waals surface area contributed by atoms with Gasteiger partial charge in [-0.05, 0) is 53.7 Å². The van der Waals surface area contributed by atoms with Gasteiger partial charge in [0.05, 0.1) is 6.61 Å². The molecule has 0 saturated carbocycles. The molecule has 0 amide bonds. The van der Waals surface area contributed by atoms with Crippen LogP contribution in [0.4, 0.5) is 0 Å². The molecule has 0 N–H and O–H groups in total. The van der Waals surface area contributed by atoms with Gasteiger partial charge < -0.3 is 4.74 Å². The lowest BCUT2D eigenvalue weighted by molar-refractivity contribution is 0.213. The molecule has 0 aliphatic carbocycles. The first-order chi connectivity index (χ1) is 15.4. The second kappa shape index (κ2) is 14.4. The third-order valence-electron chi connectivity index (χ3n) is 6.87. The van der Waals surface area contributed by atoms with Crippen LogP contribution in [0.2, 0.25) is 0 Å². The predicted molar refractivity (Wildman–Crippen MR) is 143 cm³/mol. The highest BCUT2D eigenvalue weighted by molar-refractivity contribution is 7.90. The zero-order chi connectivity index (χ0) is 25.1. The highest BCUT2D eigenvalue weighted by Gasteiger charge is 2.22. The third-order valence-corrected chi connectivity index (χ3v) is 7.99. The smallest absolute Gasteiger partial charge is 0.179 e. The molecule has 1 aromatic carbocycles. The monoisotopic (exact) mass is 480 g/mol. The fourth-order valence-corrected chi connectivity index (χ4v) is 5.46. The minimum absolute atomic E-state index is 0.106. The van der Waals surface area contributed by atoms with E-state index in [0.29, 0.717) is 23.2 Å². The molecular weight excluding hydrogens is 428 g/mol. The molecule has 33 heavy (non-hydrogen) atoms. The summed E-state index contributed by atoms with van der Waals surface area (Å²) in [6, 6.07) is 5.68. The van der Waals surface area contributed by atoms with E-state index in [4.69, 9.17) is 4.74 Å². The number of hydrogen-bond donors (Lipinski definition) is 0. The van der Waals surface area contributed by atoms with Crippen LogP contribution in [0.15, 0.2) is 23.1 Å². The molecule has 1 rings (SSSR count). The molecule has 0 radical (unpaired) electrons. The Hall–Kier alpha value is -1.03. The van der Waals surface area contributed by atoms with E-state index in [1.807, 2.05) is 12.1 Å². The molecule has 0 saturated heterocycles. The van der Waals surface area contributed by atoms with Gasteiger partial charge in [-0.15, -0.1) is 0 Å². The van der Waals surface area contributed by atoms with Gasteiger partial charge in [-0.2, -0.15) is 0 Å². The van der Waals surface area contributed by atoms with E-state index in [-0.39, 0.29) is 5.41 Å². The van der Waals surface area contributed by atoms with Crippen molar-refractivity contribution in [3.63, 3.8) is 0 Å². The number of unbranched alkanes of at least 4 members (excludes halogenated alkanes) is 1. The van der Waals surface area contributed by atoms with E-state index in [2.05, 4.69) is 48.5 Å². The van der Waals surface area contributed by atoms with E-state index in [9.17, 15) is 8.42 Å². The van der Waals surface area contributed by atoms with Crippen LogP contribution in [0.3, 0.4) is 0 Å². The van der Waals surface area contributed by atoms with Crippen LogP contribution in [0, 0.1) is 17.8 Å². The number of ether oxygens (including phenoxy) is 1. The summed E-state index contributed by atoms with van der Waals surface area (Å²) < 4.78 is 31.2. The zero-order valence-electron chi connectivity index (χ0n) is 22.9. The number of hydrogen-bond acceptors (Lipinski definition) is 3. The summed E-state index contributed by atoms with van der Waals surface area (Å²) in [5, 5.41) is 0. The Morgan fingerprint density at radius 2 is 1.42 bits per heavy atom. The van der Waals surface area contributed by atoms with Crippen LogP contribution in [-0.4, -0.2) is 21.3 Å². The largest absolute Gasteiger partial charge is 0.492 e. The van der Waals surface area contributed by atoms with Crippen LogP contribution >= 0.6 is 0 Å². The van der Waals surface area contributed by atoms with Gasteiger partial charge in [0.15, 0.2) is 9.84 Å². The SMILES string of the molecule is CCCC(C)CCCCC(CCC(C)CCC)COc1ccc(C(C)(C)C)cc1S(C)(=O)=O. The van der Waals surface area contributed by atoms with Crippen molar-refractivity contribution in [3.8, 4) is 5.75 Å². The van der Waals surface area contributed by atoms with Crippen molar-refractivity contribution in [1.29, 1.82) is 0 Å². The van der Waals surface area contributed by atoms with E-state index in [1.165, 1.54) is 57.6 Å². The molecule has 0 bridgehead atoms. The molecule has 0 aliphatic rings. The lowest BCUT2D eigenvalue weighted by atomic mass is 9.87. The summed E-state index contributed by atoms with van der Waals surface area (Å²) in [5.41, 5.74) is 0.909. The average Bonchev–Trinajstić information content (AvgIpc) is 2.71. The van der Waals surface area contributed by atoms with E-state index in [1.54, 1.807) is 6.07 Å². The normalized spacial score (nSPS) is 15.3. The van der Waals surface area contributed by atoms with Gasteiger partial charge in [-0.1, -0.05) is 106 Å². The Kier molecular flexibility index (Phi) is 13.1. The first-order valence-corrected chi connectivity index (χ1v) is 15.2. The van der Waals surface area contributed by atoms with Gasteiger partial charge in [0.25, 0.3) is 0 Å². The molecule has 3 unspecified atom stereocenters. The Morgan fingerprint density at radius 1 is 0.848 bits per heavy atom. The lowest BCUT2D eigenvalue weighted by Crippen LogP contribution is -2.16. The van der Waals surface area contributed by atoms with Crippen LogP contribution < -0.4 is 4.74 Å². The average molecular weight is 481 g/mol. The summed E-state index contributed by atoms with van der Waals surface area (Å²) in [5.74, 6) is 2.53. The number of rotatable bonds is 16. The van der Waals surface area contributed by atoms with Crippen molar-refractivity contribution in [2.45, 2.75) is 123 Å².